The summed E-state index contributed by atoms with van der Waals surface area (Å²) in [5.41, 5.74) is 0.900. The predicted molar refractivity (Wildman–Crippen MR) is 61.5 cm³/mol. The summed E-state index contributed by atoms with van der Waals surface area (Å²) in [5.74, 6) is 0.304. The molecule has 2 N–H and O–H groups in total. The smallest absolute Gasteiger partial charge is 0.417 e. The van der Waals surface area contributed by atoms with Crippen molar-refractivity contribution in [3.05, 3.63) is 29.8 Å². The molecule has 102 valence electrons. The van der Waals surface area contributed by atoms with Gasteiger partial charge in [-0.15, -0.1) is 0 Å². The van der Waals surface area contributed by atoms with E-state index < -0.39 is 18.9 Å². The van der Waals surface area contributed by atoms with Gasteiger partial charge in [0.2, 0.25) is 0 Å². The van der Waals surface area contributed by atoms with Crippen molar-refractivity contribution in [1.29, 1.82) is 0 Å². The van der Waals surface area contributed by atoms with Crippen molar-refractivity contribution < 1.29 is 23.0 Å². The van der Waals surface area contributed by atoms with E-state index in [4.69, 9.17) is 9.84 Å². The first kappa shape index (κ1) is 14.8. The zero-order valence-corrected chi connectivity index (χ0v) is 10.2. The molecule has 3 nitrogen and oxygen atoms in total. The molecule has 0 fully saturated rings. The summed E-state index contributed by atoms with van der Waals surface area (Å²) in [6, 6.07) is 6.80. The largest absolute Gasteiger partial charge is 0.491 e. The Morgan fingerprint density at radius 1 is 1.39 bits per heavy atom. The molecule has 0 aliphatic rings. The van der Waals surface area contributed by atoms with Crippen LogP contribution in [-0.4, -0.2) is 31.0 Å². The highest BCUT2D eigenvalue weighted by atomic mass is 19.4. The van der Waals surface area contributed by atoms with Crippen molar-refractivity contribution in [2.75, 3.05) is 13.7 Å². The third-order valence-corrected chi connectivity index (χ3v) is 2.58. The number of nitrogens with one attached hydrogen (secondary N) is 1. The van der Waals surface area contributed by atoms with Crippen molar-refractivity contribution in [2.24, 2.45) is 0 Å². The second-order valence-corrected chi connectivity index (χ2v) is 3.95. The van der Waals surface area contributed by atoms with Crippen LogP contribution in [0.15, 0.2) is 24.3 Å². The summed E-state index contributed by atoms with van der Waals surface area (Å²) < 4.78 is 41.2. The first-order chi connectivity index (χ1) is 8.34. The Hall–Kier alpha value is -1.27. The van der Waals surface area contributed by atoms with Crippen LogP contribution in [0.5, 0.6) is 5.75 Å². The average molecular weight is 263 g/mol. The maximum atomic E-state index is 12.1. The molecule has 0 bridgehead atoms. The molecular formula is C12H16F3NO2. The lowest BCUT2D eigenvalue weighted by atomic mass is 10.1. The van der Waals surface area contributed by atoms with Gasteiger partial charge in [0.1, 0.15) is 12.4 Å². The maximum absolute atomic E-state index is 12.1. The quantitative estimate of drug-likeness (QED) is 0.856. The van der Waals surface area contributed by atoms with E-state index in [-0.39, 0.29) is 6.04 Å². The van der Waals surface area contributed by atoms with Crippen LogP contribution in [-0.2, 0) is 0 Å². The third kappa shape index (κ3) is 4.19. The minimum Gasteiger partial charge on any atom is -0.491 e. The summed E-state index contributed by atoms with van der Waals surface area (Å²) in [7, 11) is 1.78. The van der Waals surface area contributed by atoms with Gasteiger partial charge in [-0.05, 0) is 31.7 Å². The molecule has 0 aliphatic carbocycles. The molecule has 0 heterocycles. The number of benzene rings is 1. The molecule has 0 radical (unpaired) electrons. The minimum absolute atomic E-state index is 0.0705. The van der Waals surface area contributed by atoms with E-state index in [1.54, 1.807) is 25.2 Å². The standard InChI is InChI=1S/C12H16F3NO2/c1-8(16-2)9-4-3-5-10(6-9)18-7-11(17)12(13,14)15/h3-6,8,11,16-17H,7H2,1-2H3. The second-order valence-electron chi connectivity index (χ2n) is 3.95. The number of alkyl halides is 3. The van der Waals surface area contributed by atoms with Gasteiger partial charge in [-0.1, -0.05) is 12.1 Å². The van der Waals surface area contributed by atoms with Crippen molar-refractivity contribution in [3.63, 3.8) is 0 Å². The van der Waals surface area contributed by atoms with Crippen LogP contribution in [0, 0.1) is 0 Å². The molecule has 0 aliphatic heterocycles. The fraction of sp³-hybridized carbons (Fsp3) is 0.500. The lowest BCUT2D eigenvalue weighted by Gasteiger charge is -2.16. The van der Waals surface area contributed by atoms with Crippen LogP contribution in [0.25, 0.3) is 0 Å². The van der Waals surface area contributed by atoms with Crippen LogP contribution in [0.2, 0.25) is 0 Å². The number of hydrogen-bond donors (Lipinski definition) is 2. The molecule has 6 heteroatoms. The molecular weight excluding hydrogens is 247 g/mol. The van der Waals surface area contributed by atoms with Crippen molar-refractivity contribution in [1.82, 2.24) is 5.32 Å². The van der Waals surface area contributed by atoms with E-state index in [1.165, 1.54) is 0 Å². The first-order valence-electron chi connectivity index (χ1n) is 5.49. The molecule has 0 aromatic heterocycles. The van der Waals surface area contributed by atoms with Gasteiger partial charge in [-0.2, -0.15) is 13.2 Å². The Morgan fingerprint density at radius 3 is 2.61 bits per heavy atom. The molecule has 18 heavy (non-hydrogen) atoms. The number of aliphatic hydroxyl groups excluding tert-OH is 1. The summed E-state index contributed by atoms with van der Waals surface area (Å²) in [6.07, 6.45) is -7.13. The lowest BCUT2D eigenvalue weighted by molar-refractivity contribution is -0.210. The fourth-order valence-electron chi connectivity index (χ4n) is 1.31. The monoisotopic (exact) mass is 263 g/mol. The molecule has 0 amide bonds. The molecule has 1 aromatic carbocycles. The highest BCUT2D eigenvalue weighted by Crippen LogP contribution is 2.22. The summed E-state index contributed by atoms with van der Waals surface area (Å²) in [6.45, 7) is 1.12. The van der Waals surface area contributed by atoms with Crippen LogP contribution in [0.1, 0.15) is 18.5 Å². The second kappa shape index (κ2) is 6.06. The van der Waals surface area contributed by atoms with E-state index in [0.717, 1.165) is 5.56 Å². The van der Waals surface area contributed by atoms with Gasteiger partial charge in [0, 0.05) is 6.04 Å². The van der Waals surface area contributed by atoms with Gasteiger partial charge in [0.25, 0.3) is 0 Å². The highest BCUT2D eigenvalue weighted by molar-refractivity contribution is 5.30. The minimum atomic E-state index is -4.66. The topological polar surface area (TPSA) is 41.5 Å². The Balaban J connectivity index is 2.63. The van der Waals surface area contributed by atoms with Crippen LogP contribution < -0.4 is 10.1 Å². The van der Waals surface area contributed by atoms with Gasteiger partial charge < -0.3 is 15.2 Å². The molecule has 0 saturated carbocycles. The van der Waals surface area contributed by atoms with Crippen LogP contribution in [0.4, 0.5) is 13.2 Å². The number of halogens is 3. The van der Waals surface area contributed by atoms with Gasteiger partial charge in [0.05, 0.1) is 0 Å². The predicted octanol–water partition coefficient (Wildman–Crippen LogP) is 2.27. The van der Waals surface area contributed by atoms with Crippen LogP contribution in [0.3, 0.4) is 0 Å². The molecule has 0 spiro atoms. The Morgan fingerprint density at radius 2 is 2.06 bits per heavy atom. The SMILES string of the molecule is CNC(C)c1cccc(OCC(O)C(F)(F)F)c1. The number of ether oxygens (including phenoxy) is 1. The molecule has 0 saturated heterocycles. The molecule has 1 rings (SSSR count). The number of hydrogen-bond acceptors (Lipinski definition) is 3. The molecule has 2 unspecified atom stereocenters. The summed E-state index contributed by atoms with van der Waals surface area (Å²) >= 11 is 0. The first-order valence-corrected chi connectivity index (χ1v) is 5.49. The van der Waals surface area contributed by atoms with E-state index in [9.17, 15) is 13.2 Å². The highest BCUT2D eigenvalue weighted by Gasteiger charge is 2.38. The Bertz CT molecular complexity index is 382. The number of aliphatic hydroxyl groups is 1. The van der Waals surface area contributed by atoms with Crippen molar-refractivity contribution in [2.45, 2.75) is 25.2 Å². The third-order valence-electron chi connectivity index (χ3n) is 2.58. The van der Waals surface area contributed by atoms with Gasteiger partial charge >= 0.3 is 6.18 Å². The zero-order valence-electron chi connectivity index (χ0n) is 10.2. The van der Waals surface area contributed by atoms with E-state index in [0.29, 0.717) is 5.75 Å². The Labute approximate surface area is 104 Å². The lowest BCUT2D eigenvalue weighted by Crippen LogP contribution is -2.34. The number of rotatable bonds is 5. The van der Waals surface area contributed by atoms with Gasteiger partial charge in [-0.3, -0.25) is 0 Å². The average Bonchev–Trinajstić information content (AvgIpc) is 2.34. The Kier molecular flexibility index (Phi) is 4.98. The normalized spacial score (nSPS) is 15.2. The molecule has 1 aromatic rings. The van der Waals surface area contributed by atoms with Crippen molar-refractivity contribution in [3.8, 4) is 5.75 Å². The zero-order chi connectivity index (χ0) is 13.8. The maximum Gasteiger partial charge on any atom is 0.417 e. The summed E-state index contributed by atoms with van der Waals surface area (Å²) in [5, 5.41) is 11.8. The molecule has 2 atom stereocenters. The summed E-state index contributed by atoms with van der Waals surface area (Å²) in [4.78, 5) is 0. The van der Waals surface area contributed by atoms with Gasteiger partial charge in [0.15, 0.2) is 6.10 Å². The fourth-order valence-corrected chi connectivity index (χ4v) is 1.31. The van der Waals surface area contributed by atoms with Crippen LogP contribution >= 0.6 is 0 Å². The van der Waals surface area contributed by atoms with E-state index >= 15 is 0 Å². The van der Waals surface area contributed by atoms with Gasteiger partial charge in [-0.25, -0.2) is 0 Å². The van der Waals surface area contributed by atoms with E-state index in [1.807, 2.05) is 13.0 Å². The van der Waals surface area contributed by atoms with Crippen molar-refractivity contribution >= 4 is 0 Å². The van der Waals surface area contributed by atoms with E-state index in [2.05, 4.69) is 5.32 Å².